The number of hydrogen-bond acceptors (Lipinski definition) is 4. The van der Waals surface area contributed by atoms with Gasteiger partial charge in [0.25, 0.3) is 0 Å². The van der Waals surface area contributed by atoms with Crippen LogP contribution < -0.4 is 10.6 Å². The molecule has 0 aromatic rings. The highest BCUT2D eigenvalue weighted by atomic mass is 32.2. The van der Waals surface area contributed by atoms with E-state index < -0.39 is 0 Å². The molecule has 1 amide bonds. The van der Waals surface area contributed by atoms with Crippen LogP contribution in [-0.4, -0.2) is 85.5 Å². The second-order valence-electron chi connectivity index (χ2n) is 7.55. The number of aliphatic imine (C=N–C) groups is 1. The Kier molecular flexibility index (Phi) is 9.05. The van der Waals surface area contributed by atoms with Crippen molar-refractivity contribution in [1.82, 2.24) is 20.4 Å². The van der Waals surface area contributed by atoms with Crippen LogP contribution in [0.3, 0.4) is 0 Å². The largest absolute Gasteiger partial charge is 0.357 e. The van der Waals surface area contributed by atoms with Crippen molar-refractivity contribution < 1.29 is 4.79 Å². The molecule has 0 aromatic heterocycles. The molecule has 3 unspecified atom stereocenters. The predicted octanol–water partition coefficient (Wildman–Crippen LogP) is 1.77. The molecule has 3 atom stereocenters. The van der Waals surface area contributed by atoms with Crippen molar-refractivity contribution in [2.75, 3.05) is 46.5 Å². The highest BCUT2D eigenvalue weighted by Gasteiger charge is 2.31. The van der Waals surface area contributed by atoms with Gasteiger partial charge in [0.1, 0.15) is 0 Å². The molecule has 2 fully saturated rings. The molecule has 0 radical (unpaired) electrons. The van der Waals surface area contributed by atoms with Gasteiger partial charge in [-0.05, 0) is 58.2 Å². The third-order valence-electron chi connectivity index (χ3n) is 5.37. The van der Waals surface area contributed by atoms with Gasteiger partial charge in [0.2, 0.25) is 5.91 Å². The molecule has 150 valence electrons. The molecule has 2 N–H and O–H groups in total. The van der Waals surface area contributed by atoms with E-state index >= 15 is 0 Å². The Bertz CT molecular complexity index is 471. The van der Waals surface area contributed by atoms with Gasteiger partial charge >= 0.3 is 0 Å². The Morgan fingerprint density at radius 3 is 2.77 bits per heavy atom. The van der Waals surface area contributed by atoms with E-state index in [1.54, 1.807) is 4.90 Å². The molecular weight excluding hydrogens is 346 g/mol. The fourth-order valence-electron chi connectivity index (χ4n) is 3.93. The van der Waals surface area contributed by atoms with E-state index in [1.165, 1.54) is 19.3 Å². The van der Waals surface area contributed by atoms with Gasteiger partial charge in [-0.15, -0.1) is 0 Å². The van der Waals surface area contributed by atoms with Gasteiger partial charge in [-0.1, -0.05) is 0 Å². The van der Waals surface area contributed by atoms with Crippen LogP contribution in [0.5, 0.6) is 0 Å². The van der Waals surface area contributed by atoms with Crippen LogP contribution in [0.2, 0.25) is 0 Å². The Balaban J connectivity index is 1.76. The lowest BCUT2D eigenvalue weighted by Gasteiger charge is -2.25. The summed E-state index contributed by atoms with van der Waals surface area (Å²) in [6.45, 7) is 5.78. The number of carbonyl (C=O) groups excluding carboxylic acids is 1. The minimum atomic E-state index is 0.0716. The first kappa shape index (κ1) is 21.4. The van der Waals surface area contributed by atoms with Crippen LogP contribution in [0.15, 0.2) is 4.99 Å². The first-order valence-corrected chi connectivity index (χ1v) is 11.4. The van der Waals surface area contributed by atoms with Gasteiger partial charge < -0.3 is 15.5 Å². The molecule has 2 rings (SSSR count). The van der Waals surface area contributed by atoms with E-state index in [-0.39, 0.29) is 11.9 Å². The molecule has 0 bridgehead atoms. The number of carbonyl (C=O) groups is 1. The Morgan fingerprint density at radius 1 is 1.31 bits per heavy atom. The van der Waals surface area contributed by atoms with Crippen LogP contribution in [-0.2, 0) is 4.79 Å². The van der Waals surface area contributed by atoms with Crippen molar-refractivity contribution in [3.63, 3.8) is 0 Å². The van der Waals surface area contributed by atoms with Crippen LogP contribution in [0.1, 0.15) is 45.4 Å². The summed E-state index contributed by atoms with van der Waals surface area (Å²) in [5.74, 6) is 1.19. The summed E-state index contributed by atoms with van der Waals surface area (Å²) in [7, 11) is 3.70. The molecule has 0 spiro atoms. The molecule has 0 aromatic carbocycles. The second kappa shape index (κ2) is 11.0. The van der Waals surface area contributed by atoms with Gasteiger partial charge in [-0.25, -0.2) is 0 Å². The monoisotopic (exact) mass is 383 g/mol. The van der Waals surface area contributed by atoms with E-state index in [4.69, 9.17) is 4.99 Å². The van der Waals surface area contributed by atoms with Crippen LogP contribution in [0, 0.1) is 0 Å². The number of thioether (sulfide) groups is 1. The lowest BCUT2D eigenvalue weighted by molar-refractivity contribution is -0.133. The van der Waals surface area contributed by atoms with Crippen molar-refractivity contribution in [1.29, 1.82) is 0 Å². The Labute approximate surface area is 163 Å². The number of likely N-dealkylation sites (N-methyl/N-ethyl adjacent to an activating group) is 1. The summed E-state index contributed by atoms with van der Waals surface area (Å²) < 4.78 is 0. The Hall–Kier alpha value is -0.950. The summed E-state index contributed by atoms with van der Waals surface area (Å²) >= 11 is 1.98. The zero-order valence-electron chi connectivity index (χ0n) is 17.0. The highest BCUT2D eigenvalue weighted by Crippen LogP contribution is 2.28. The SMILES string of the molecule is CCNC(=NCCCN1CCCC1C(=O)N(C)C)NC1CCC(SC)C1. The standard InChI is InChI=1S/C19H37N5OS/c1-5-20-19(22-15-9-10-16(14-15)26-4)21-11-7-13-24-12-6-8-17(24)18(25)23(2)3/h15-17H,5-14H2,1-4H3,(H2,20,21,22). The summed E-state index contributed by atoms with van der Waals surface area (Å²) in [6.07, 6.45) is 9.07. The number of guanidine groups is 1. The molecule has 2 aliphatic rings. The average molecular weight is 384 g/mol. The van der Waals surface area contributed by atoms with Gasteiger partial charge in [-0.2, -0.15) is 11.8 Å². The molecular formula is C19H37N5OS. The maximum atomic E-state index is 12.3. The molecule has 26 heavy (non-hydrogen) atoms. The summed E-state index contributed by atoms with van der Waals surface area (Å²) in [4.78, 5) is 21.1. The number of likely N-dealkylation sites (tertiary alicyclic amines) is 1. The van der Waals surface area contributed by atoms with E-state index in [0.29, 0.717) is 6.04 Å². The zero-order valence-corrected chi connectivity index (χ0v) is 17.8. The smallest absolute Gasteiger partial charge is 0.239 e. The number of nitrogens with zero attached hydrogens (tertiary/aromatic N) is 3. The second-order valence-corrected chi connectivity index (χ2v) is 8.69. The average Bonchev–Trinajstić information content (AvgIpc) is 3.27. The molecule has 1 aliphatic heterocycles. The lowest BCUT2D eigenvalue weighted by Crippen LogP contribution is -2.43. The van der Waals surface area contributed by atoms with Crippen LogP contribution in [0.25, 0.3) is 0 Å². The van der Waals surface area contributed by atoms with Crippen LogP contribution >= 0.6 is 11.8 Å². The number of rotatable bonds is 8. The van der Waals surface area contributed by atoms with Gasteiger partial charge in [-0.3, -0.25) is 14.7 Å². The van der Waals surface area contributed by atoms with E-state index in [9.17, 15) is 4.79 Å². The molecule has 7 heteroatoms. The molecule has 1 aliphatic carbocycles. The molecule has 6 nitrogen and oxygen atoms in total. The summed E-state index contributed by atoms with van der Waals surface area (Å²) in [6, 6.07) is 0.619. The van der Waals surface area contributed by atoms with E-state index in [0.717, 1.165) is 56.7 Å². The first-order valence-electron chi connectivity index (χ1n) is 10.1. The fraction of sp³-hybridized carbons (Fsp3) is 0.895. The molecule has 1 heterocycles. The number of hydrogen-bond donors (Lipinski definition) is 2. The predicted molar refractivity (Wildman–Crippen MR) is 112 cm³/mol. The van der Waals surface area contributed by atoms with Gasteiger partial charge in [0.05, 0.1) is 6.04 Å². The summed E-state index contributed by atoms with van der Waals surface area (Å²) in [5.41, 5.74) is 0. The molecule has 1 saturated carbocycles. The maximum absolute atomic E-state index is 12.3. The third-order valence-corrected chi connectivity index (χ3v) is 6.46. The zero-order chi connectivity index (χ0) is 18.9. The third kappa shape index (κ3) is 6.34. The van der Waals surface area contributed by atoms with Crippen molar-refractivity contribution in [2.24, 2.45) is 4.99 Å². The van der Waals surface area contributed by atoms with Gasteiger partial charge in [0.15, 0.2) is 5.96 Å². The van der Waals surface area contributed by atoms with Crippen molar-refractivity contribution >= 4 is 23.6 Å². The minimum Gasteiger partial charge on any atom is -0.357 e. The molecule has 1 saturated heterocycles. The van der Waals surface area contributed by atoms with E-state index in [1.807, 2.05) is 25.9 Å². The number of nitrogens with one attached hydrogen (secondary N) is 2. The Morgan fingerprint density at radius 2 is 2.12 bits per heavy atom. The minimum absolute atomic E-state index is 0.0716. The maximum Gasteiger partial charge on any atom is 0.239 e. The topological polar surface area (TPSA) is 60.0 Å². The highest BCUT2D eigenvalue weighted by molar-refractivity contribution is 7.99. The van der Waals surface area contributed by atoms with Crippen LogP contribution in [0.4, 0.5) is 0 Å². The quantitative estimate of drug-likeness (QED) is 0.380. The van der Waals surface area contributed by atoms with E-state index in [2.05, 4.69) is 28.7 Å². The number of amides is 1. The normalized spacial score (nSPS) is 26.9. The van der Waals surface area contributed by atoms with Crippen molar-refractivity contribution in [3.8, 4) is 0 Å². The van der Waals surface area contributed by atoms with Gasteiger partial charge in [0, 0.05) is 45.0 Å². The summed E-state index contributed by atoms with van der Waals surface area (Å²) in [5, 5.41) is 7.76. The lowest BCUT2D eigenvalue weighted by atomic mass is 10.2. The van der Waals surface area contributed by atoms with Crippen molar-refractivity contribution in [2.45, 2.75) is 62.8 Å². The first-order chi connectivity index (χ1) is 12.5. The van der Waals surface area contributed by atoms with Crippen molar-refractivity contribution in [3.05, 3.63) is 0 Å². The fourth-order valence-corrected chi connectivity index (χ4v) is 4.73.